The average molecular weight is 254 g/mol. The van der Waals surface area contributed by atoms with Crippen LogP contribution in [0.1, 0.15) is 45.0 Å². The highest BCUT2D eigenvalue weighted by Gasteiger charge is 2.26. The maximum Gasteiger partial charge on any atom is 0.141 e. The van der Waals surface area contributed by atoms with Gasteiger partial charge < -0.3 is 5.32 Å². The highest BCUT2D eigenvalue weighted by atomic mass is 32.2. The fourth-order valence-electron chi connectivity index (χ4n) is 2.50. The summed E-state index contributed by atoms with van der Waals surface area (Å²) in [6.07, 6.45) is 7.84. The Bertz CT molecular complexity index is 350. The molecule has 0 aliphatic heterocycles. The van der Waals surface area contributed by atoms with E-state index in [-0.39, 0.29) is 0 Å². The number of aromatic nitrogens is 3. The molecule has 0 saturated heterocycles. The Morgan fingerprint density at radius 1 is 1.53 bits per heavy atom. The summed E-state index contributed by atoms with van der Waals surface area (Å²) < 4.78 is 2.00. The van der Waals surface area contributed by atoms with Gasteiger partial charge >= 0.3 is 0 Å². The second-order valence-electron chi connectivity index (χ2n) is 4.91. The lowest BCUT2D eigenvalue weighted by molar-refractivity contribution is 0.463. The van der Waals surface area contributed by atoms with Crippen LogP contribution in [0.2, 0.25) is 0 Å². The summed E-state index contributed by atoms with van der Waals surface area (Å²) in [7, 11) is 0. The molecule has 1 N–H and O–H groups in total. The lowest BCUT2D eigenvalue weighted by atomic mass is 10.2. The summed E-state index contributed by atoms with van der Waals surface area (Å²) >= 11 is 1.98. The van der Waals surface area contributed by atoms with E-state index in [0.29, 0.717) is 12.1 Å². The van der Waals surface area contributed by atoms with Gasteiger partial charge in [0.2, 0.25) is 0 Å². The van der Waals surface area contributed by atoms with Gasteiger partial charge in [0.25, 0.3) is 0 Å². The van der Waals surface area contributed by atoms with E-state index in [1.165, 1.54) is 19.3 Å². The van der Waals surface area contributed by atoms with Gasteiger partial charge in [-0.05, 0) is 32.9 Å². The molecule has 2 atom stereocenters. The van der Waals surface area contributed by atoms with Crippen molar-refractivity contribution < 1.29 is 0 Å². The first-order valence-electron chi connectivity index (χ1n) is 6.37. The maximum atomic E-state index is 4.33. The average Bonchev–Trinajstić information content (AvgIpc) is 2.94. The van der Waals surface area contributed by atoms with Crippen molar-refractivity contribution in [2.24, 2.45) is 0 Å². The molecule has 1 aromatic rings. The molecule has 1 aliphatic carbocycles. The zero-order valence-electron chi connectivity index (χ0n) is 10.9. The Hall–Kier alpha value is -0.550. The van der Waals surface area contributed by atoms with Crippen molar-refractivity contribution in [2.75, 3.05) is 6.26 Å². The number of nitrogens with one attached hydrogen (secondary N) is 1. The summed E-state index contributed by atoms with van der Waals surface area (Å²) in [5.41, 5.74) is 0. The van der Waals surface area contributed by atoms with Gasteiger partial charge in [0.15, 0.2) is 0 Å². The van der Waals surface area contributed by atoms with Crippen molar-refractivity contribution in [1.82, 2.24) is 20.1 Å². The smallest absolute Gasteiger partial charge is 0.141 e. The summed E-state index contributed by atoms with van der Waals surface area (Å²) in [4.78, 5) is 4.33. The van der Waals surface area contributed by atoms with Crippen LogP contribution in [-0.2, 0) is 6.54 Å². The van der Waals surface area contributed by atoms with Gasteiger partial charge in [-0.3, -0.25) is 0 Å². The molecule has 5 heteroatoms. The third kappa shape index (κ3) is 3.01. The quantitative estimate of drug-likeness (QED) is 0.875. The van der Waals surface area contributed by atoms with Crippen LogP contribution in [0.25, 0.3) is 0 Å². The molecular formula is C12H22N4S. The molecule has 1 fully saturated rings. The second-order valence-corrected chi connectivity index (χ2v) is 5.98. The van der Waals surface area contributed by atoms with Gasteiger partial charge in [-0.25, -0.2) is 9.67 Å². The highest BCUT2D eigenvalue weighted by molar-refractivity contribution is 7.99. The molecule has 1 aliphatic rings. The lowest BCUT2D eigenvalue weighted by Crippen LogP contribution is -2.34. The number of hydrogen-bond acceptors (Lipinski definition) is 4. The summed E-state index contributed by atoms with van der Waals surface area (Å²) in [6, 6.07) is 1.02. The van der Waals surface area contributed by atoms with E-state index in [1.54, 1.807) is 6.33 Å². The zero-order valence-corrected chi connectivity index (χ0v) is 11.7. The van der Waals surface area contributed by atoms with Gasteiger partial charge in [-0.2, -0.15) is 16.9 Å². The monoisotopic (exact) mass is 254 g/mol. The fraction of sp³-hybridized carbons (Fsp3) is 0.833. The highest BCUT2D eigenvalue weighted by Crippen LogP contribution is 2.28. The van der Waals surface area contributed by atoms with Crippen LogP contribution in [0, 0.1) is 0 Å². The molecule has 0 spiro atoms. The van der Waals surface area contributed by atoms with E-state index in [9.17, 15) is 0 Å². The third-order valence-electron chi connectivity index (χ3n) is 3.41. The molecule has 0 aromatic carbocycles. The topological polar surface area (TPSA) is 42.7 Å². The molecule has 1 saturated carbocycles. The predicted octanol–water partition coefficient (Wildman–Crippen LogP) is 2.23. The molecule has 2 unspecified atom stereocenters. The van der Waals surface area contributed by atoms with Gasteiger partial charge in [-0.15, -0.1) is 0 Å². The first-order chi connectivity index (χ1) is 8.22. The van der Waals surface area contributed by atoms with E-state index in [4.69, 9.17) is 0 Å². The van der Waals surface area contributed by atoms with Crippen molar-refractivity contribution in [3.05, 3.63) is 12.2 Å². The summed E-state index contributed by atoms with van der Waals surface area (Å²) in [6.45, 7) is 5.11. The number of hydrogen-bond donors (Lipinski definition) is 1. The van der Waals surface area contributed by atoms with Crippen LogP contribution in [0.5, 0.6) is 0 Å². The van der Waals surface area contributed by atoms with Gasteiger partial charge in [0, 0.05) is 17.3 Å². The largest absolute Gasteiger partial charge is 0.306 e. The third-order valence-corrected chi connectivity index (χ3v) is 4.58. The van der Waals surface area contributed by atoms with Crippen molar-refractivity contribution in [2.45, 2.75) is 57.0 Å². The predicted molar refractivity (Wildman–Crippen MR) is 72.2 cm³/mol. The Kier molecular flexibility index (Phi) is 4.45. The molecule has 0 radical (unpaired) electrons. The van der Waals surface area contributed by atoms with Gasteiger partial charge in [-0.1, -0.05) is 6.42 Å². The van der Waals surface area contributed by atoms with Crippen molar-refractivity contribution in [3.63, 3.8) is 0 Å². The molecule has 4 nitrogen and oxygen atoms in total. The maximum absolute atomic E-state index is 4.33. The van der Waals surface area contributed by atoms with Crippen molar-refractivity contribution in [3.8, 4) is 0 Å². The van der Waals surface area contributed by atoms with Gasteiger partial charge in [0.05, 0.1) is 6.54 Å². The Balaban J connectivity index is 1.91. The molecule has 1 aromatic heterocycles. The van der Waals surface area contributed by atoms with E-state index < -0.39 is 0 Å². The van der Waals surface area contributed by atoms with Crippen molar-refractivity contribution in [1.29, 1.82) is 0 Å². The van der Waals surface area contributed by atoms with Crippen LogP contribution in [0.3, 0.4) is 0 Å². The summed E-state index contributed by atoms with van der Waals surface area (Å²) in [5, 5.41) is 8.67. The molecule has 96 valence electrons. The van der Waals surface area contributed by atoms with Crippen LogP contribution in [0.15, 0.2) is 6.33 Å². The first kappa shape index (κ1) is 12.9. The number of thioether (sulfide) groups is 1. The Labute approximate surface area is 108 Å². The number of rotatable bonds is 5. The van der Waals surface area contributed by atoms with Crippen molar-refractivity contribution >= 4 is 11.8 Å². The van der Waals surface area contributed by atoms with E-state index >= 15 is 0 Å². The standard InChI is InChI=1S/C12H22N4S/c1-9(2)16-12(14-8-15-16)7-13-10-5-4-6-11(10)17-3/h8-11,13H,4-7H2,1-3H3. The van der Waals surface area contributed by atoms with E-state index in [1.807, 2.05) is 16.4 Å². The minimum Gasteiger partial charge on any atom is -0.306 e. The van der Waals surface area contributed by atoms with Crippen LogP contribution < -0.4 is 5.32 Å². The Morgan fingerprint density at radius 2 is 2.35 bits per heavy atom. The minimum absolute atomic E-state index is 0.384. The lowest BCUT2D eigenvalue weighted by Gasteiger charge is -2.19. The van der Waals surface area contributed by atoms with Crippen LogP contribution >= 0.6 is 11.8 Å². The summed E-state index contributed by atoms with van der Waals surface area (Å²) in [5.74, 6) is 1.05. The Morgan fingerprint density at radius 3 is 3.06 bits per heavy atom. The SMILES string of the molecule is CSC1CCCC1NCc1ncnn1C(C)C. The second kappa shape index (κ2) is 5.87. The molecule has 0 amide bonds. The van der Waals surface area contributed by atoms with Crippen LogP contribution in [0.4, 0.5) is 0 Å². The van der Waals surface area contributed by atoms with E-state index in [2.05, 4.69) is 35.5 Å². The normalized spacial score (nSPS) is 24.7. The van der Waals surface area contributed by atoms with Gasteiger partial charge in [0.1, 0.15) is 12.2 Å². The molecule has 2 rings (SSSR count). The zero-order chi connectivity index (χ0) is 12.3. The molecular weight excluding hydrogens is 232 g/mol. The molecule has 17 heavy (non-hydrogen) atoms. The number of nitrogens with zero attached hydrogens (tertiary/aromatic N) is 3. The first-order valence-corrected chi connectivity index (χ1v) is 7.65. The minimum atomic E-state index is 0.384. The molecule has 0 bridgehead atoms. The van der Waals surface area contributed by atoms with E-state index in [0.717, 1.165) is 17.6 Å². The van der Waals surface area contributed by atoms with Crippen LogP contribution in [-0.4, -0.2) is 32.3 Å². The molecule has 1 heterocycles. The fourth-order valence-corrected chi connectivity index (χ4v) is 3.46.